The van der Waals surface area contributed by atoms with Crippen LogP contribution >= 0.6 is 0 Å². The van der Waals surface area contributed by atoms with Crippen molar-refractivity contribution in [2.45, 2.75) is 51.2 Å². The van der Waals surface area contributed by atoms with Crippen molar-refractivity contribution in [2.24, 2.45) is 17.1 Å². The Balaban J connectivity index is 1.89. The van der Waals surface area contributed by atoms with Crippen molar-refractivity contribution in [3.8, 4) is 0 Å². The lowest BCUT2D eigenvalue weighted by atomic mass is 9.78. The summed E-state index contributed by atoms with van der Waals surface area (Å²) >= 11 is 0. The maximum Gasteiger partial charge on any atom is 0.230 e. The Kier molecular flexibility index (Phi) is 4.18. The molecule has 0 radical (unpaired) electrons. The number of hydrogen-bond acceptors (Lipinski definition) is 4. The maximum absolute atomic E-state index is 12.3. The van der Waals surface area contributed by atoms with Crippen molar-refractivity contribution < 1.29 is 14.6 Å². The molecular formula is C14H26N2O3. The van der Waals surface area contributed by atoms with E-state index in [0.717, 1.165) is 25.7 Å². The van der Waals surface area contributed by atoms with E-state index >= 15 is 0 Å². The molecule has 2 fully saturated rings. The number of ether oxygens (including phenoxy) is 1. The molecular weight excluding hydrogens is 244 g/mol. The van der Waals surface area contributed by atoms with Gasteiger partial charge in [0.1, 0.15) is 0 Å². The lowest BCUT2D eigenvalue weighted by molar-refractivity contribution is -0.132. The Morgan fingerprint density at radius 1 is 1.58 bits per heavy atom. The van der Waals surface area contributed by atoms with Crippen LogP contribution in [-0.2, 0) is 9.53 Å². The molecule has 1 saturated heterocycles. The van der Waals surface area contributed by atoms with Gasteiger partial charge in [-0.25, -0.2) is 0 Å². The van der Waals surface area contributed by atoms with Crippen LogP contribution in [0.5, 0.6) is 0 Å². The van der Waals surface area contributed by atoms with Crippen LogP contribution in [0.15, 0.2) is 0 Å². The predicted molar refractivity (Wildman–Crippen MR) is 72.5 cm³/mol. The Morgan fingerprint density at radius 2 is 2.32 bits per heavy atom. The monoisotopic (exact) mass is 270 g/mol. The van der Waals surface area contributed by atoms with Gasteiger partial charge in [0.2, 0.25) is 5.91 Å². The van der Waals surface area contributed by atoms with Gasteiger partial charge >= 0.3 is 0 Å². The predicted octanol–water partition coefficient (Wildman–Crippen LogP) is 0.408. The van der Waals surface area contributed by atoms with Gasteiger partial charge in [0.05, 0.1) is 24.2 Å². The number of nitrogens with one attached hydrogen (secondary N) is 1. The minimum atomic E-state index is -0.757. The highest BCUT2D eigenvalue weighted by Crippen LogP contribution is 2.32. The second-order valence-electron chi connectivity index (χ2n) is 6.65. The summed E-state index contributed by atoms with van der Waals surface area (Å²) < 4.78 is 5.28. The molecule has 4 unspecified atom stereocenters. The van der Waals surface area contributed by atoms with E-state index in [1.165, 1.54) is 0 Å². The number of rotatable bonds is 3. The van der Waals surface area contributed by atoms with Gasteiger partial charge in [0.15, 0.2) is 0 Å². The van der Waals surface area contributed by atoms with Crippen LogP contribution in [0.4, 0.5) is 0 Å². The van der Waals surface area contributed by atoms with Crippen molar-refractivity contribution in [1.82, 2.24) is 5.32 Å². The third-order valence-electron chi connectivity index (χ3n) is 4.68. The van der Waals surface area contributed by atoms with Crippen molar-refractivity contribution in [3.63, 3.8) is 0 Å². The summed E-state index contributed by atoms with van der Waals surface area (Å²) in [6.07, 6.45) is 3.70. The largest absolute Gasteiger partial charge is 0.388 e. The van der Waals surface area contributed by atoms with E-state index in [0.29, 0.717) is 25.7 Å². The zero-order valence-corrected chi connectivity index (χ0v) is 11.9. The molecule has 5 nitrogen and oxygen atoms in total. The molecule has 0 aromatic heterocycles. The van der Waals surface area contributed by atoms with E-state index < -0.39 is 11.0 Å². The summed E-state index contributed by atoms with van der Waals surface area (Å²) in [6.45, 7) is 5.07. The summed E-state index contributed by atoms with van der Waals surface area (Å²) in [5.74, 6) is 0.410. The van der Waals surface area contributed by atoms with E-state index in [4.69, 9.17) is 10.5 Å². The average Bonchev–Trinajstić information content (AvgIpc) is 2.68. The fraction of sp³-hybridized carbons (Fsp3) is 0.929. The standard InChI is InChI=1S/C14H26N2O3/c1-10-4-3-5-14(18,6-10)8-16-12(17)13(2)9-19-7-11(13)15/h10-11,18H,3-9,15H2,1-2H3,(H,16,17). The van der Waals surface area contributed by atoms with Crippen LogP contribution in [0.2, 0.25) is 0 Å². The highest BCUT2D eigenvalue weighted by Gasteiger charge is 2.45. The molecule has 4 atom stereocenters. The molecule has 1 amide bonds. The molecule has 5 heteroatoms. The SMILES string of the molecule is CC1CCCC(O)(CNC(=O)C2(C)COCC2N)C1. The average molecular weight is 270 g/mol. The highest BCUT2D eigenvalue weighted by atomic mass is 16.5. The van der Waals surface area contributed by atoms with Gasteiger partial charge in [-0.05, 0) is 25.7 Å². The van der Waals surface area contributed by atoms with Gasteiger partial charge in [-0.1, -0.05) is 19.8 Å². The molecule has 0 spiro atoms. The second kappa shape index (κ2) is 5.38. The first-order valence-corrected chi connectivity index (χ1v) is 7.20. The zero-order chi connectivity index (χ0) is 14.1. The summed E-state index contributed by atoms with van der Waals surface area (Å²) in [5, 5.41) is 13.4. The molecule has 2 rings (SSSR count). The van der Waals surface area contributed by atoms with Crippen molar-refractivity contribution in [1.29, 1.82) is 0 Å². The quantitative estimate of drug-likeness (QED) is 0.693. The van der Waals surface area contributed by atoms with Gasteiger partial charge in [-0.2, -0.15) is 0 Å². The van der Waals surface area contributed by atoms with E-state index in [-0.39, 0.29) is 11.9 Å². The molecule has 4 N–H and O–H groups in total. The topological polar surface area (TPSA) is 84.6 Å². The summed E-state index contributed by atoms with van der Waals surface area (Å²) in [6, 6.07) is -0.271. The Hall–Kier alpha value is -0.650. The normalized spacial score (nSPS) is 43.2. The molecule has 1 saturated carbocycles. The van der Waals surface area contributed by atoms with Crippen LogP contribution in [0.3, 0.4) is 0 Å². The minimum Gasteiger partial charge on any atom is -0.388 e. The Labute approximate surface area is 114 Å². The van der Waals surface area contributed by atoms with Gasteiger partial charge < -0.3 is 20.9 Å². The lowest BCUT2D eigenvalue weighted by Crippen LogP contribution is -2.54. The van der Waals surface area contributed by atoms with E-state index in [9.17, 15) is 9.90 Å². The fourth-order valence-corrected chi connectivity index (χ4v) is 3.16. The van der Waals surface area contributed by atoms with Crippen molar-refractivity contribution >= 4 is 5.91 Å². The number of carbonyl (C=O) groups excluding carboxylic acids is 1. The first-order chi connectivity index (χ1) is 8.86. The molecule has 0 aromatic rings. The number of carbonyl (C=O) groups is 1. The van der Waals surface area contributed by atoms with Crippen LogP contribution in [0, 0.1) is 11.3 Å². The van der Waals surface area contributed by atoms with E-state index in [1.54, 1.807) is 0 Å². The van der Waals surface area contributed by atoms with E-state index in [1.807, 2.05) is 6.92 Å². The van der Waals surface area contributed by atoms with Crippen molar-refractivity contribution in [3.05, 3.63) is 0 Å². The number of aliphatic hydroxyl groups is 1. The molecule has 1 heterocycles. The maximum atomic E-state index is 12.3. The molecule has 2 aliphatic rings. The van der Waals surface area contributed by atoms with Crippen LogP contribution in [-0.4, -0.2) is 42.4 Å². The first kappa shape index (κ1) is 14.8. The lowest BCUT2D eigenvalue weighted by Gasteiger charge is -2.36. The molecule has 110 valence electrons. The third-order valence-corrected chi connectivity index (χ3v) is 4.68. The molecule has 1 aliphatic heterocycles. The molecule has 0 aromatic carbocycles. The molecule has 19 heavy (non-hydrogen) atoms. The van der Waals surface area contributed by atoms with Gasteiger partial charge in [-0.15, -0.1) is 0 Å². The summed E-state index contributed by atoms with van der Waals surface area (Å²) in [7, 11) is 0. The smallest absolute Gasteiger partial charge is 0.230 e. The van der Waals surface area contributed by atoms with Gasteiger partial charge in [0.25, 0.3) is 0 Å². The van der Waals surface area contributed by atoms with Crippen LogP contribution in [0.1, 0.15) is 39.5 Å². The summed E-state index contributed by atoms with van der Waals surface area (Å²) in [4.78, 5) is 12.3. The minimum absolute atomic E-state index is 0.107. The number of amides is 1. The van der Waals surface area contributed by atoms with Crippen LogP contribution < -0.4 is 11.1 Å². The Morgan fingerprint density at radius 3 is 2.89 bits per heavy atom. The first-order valence-electron chi connectivity index (χ1n) is 7.20. The number of nitrogens with two attached hydrogens (primary N) is 1. The van der Waals surface area contributed by atoms with Gasteiger partial charge in [0, 0.05) is 12.6 Å². The number of hydrogen-bond donors (Lipinski definition) is 3. The Bertz CT molecular complexity index is 350. The molecule has 1 aliphatic carbocycles. The van der Waals surface area contributed by atoms with Crippen LogP contribution in [0.25, 0.3) is 0 Å². The molecule has 0 bridgehead atoms. The van der Waals surface area contributed by atoms with Crippen molar-refractivity contribution in [2.75, 3.05) is 19.8 Å². The fourth-order valence-electron chi connectivity index (χ4n) is 3.16. The van der Waals surface area contributed by atoms with E-state index in [2.05, 4.69) is 12.2 Å². The zero-order valence-electron chi connectivity index (χ0n) is 11.9. The highest BCUT2D eigenvalue weighted by molar-refractivity contribution is 5.83. The summed E-state index contributed by atoms with van der Waals surface area (Å²) in [5.41, 5.74) is 4.50. The second-order valence-corrected chi connectivity index (χ2v) is 6.65. The third kappa shape index (κ3) is 3.09. The van der Waals surface area contributed by atoms with Gasteiger partial charge in [-0.3, -0.25) is 4.79 Å².